The van der Waals surface area contributed by atoms with Gasteiger partial charge in [-0.05, 0) is 64.2 Å². The maximum atomic E-state index is 6.14. The topological polar surface area (TPSA) is 38.0 Å². The molecule has 1 aromatic heterocycles. The molecule has 1 aromatic carbocycles. The number of aryl methyl sites for hydroxylation is 1. The second-order valence-corrected chi connectivity index (χ2v) is 6.26. The van der Waals surface area contributed by atoms with Crippen LogP contribution in [-0.2, 0) is 0 Å². The zero-order chi connectivity index (χ0) is 12.4. The molecule has 0 spiro atoms. The van der Waals surface area contributed by atoms with Crippen molar-refractivity contribution in [1.82, 2.24) is 5.43 Å². The van der Waals surface area contributed by atoms with Gasteiger partial charge in [0.25, 0.3) is 0 Å². The van der Waals surface area contributed by atoms with E-state index in [4.69, 9.17) is 17.4 Å². The first-order chi connectivity index (χ1) is 8.13. The smallest absolute Gasteiger partial charge is 0.0805 e. The number of hydrogen-bond acceptors (Lipinski definition) is 3. The Morgan fingerprint density at radius 3 is 2.71 bits per heavy atom. The summed E-state index contributed by atoms with van der Waals surface area (Å²) >= 11 is 10.1. The van der Waals surface area contributed by atoms with Crippen LogP contribution in [0.3, 0.4) is 0 Å². The van der Waals surface area contributed by atoms with E-state index in [1.807, 2.05) is 12.1 Å². The normalized spacial score (nSPS) is 12.7. The van der Waals surface area contributed by atoms with Gasteiger partial charge in [-0.1, -0.05) is 17.7 Å². The van der Waals surface area contributed by atoms with Gasteiger partial charge in [-0.15, -0.1) is 11.3 Å². The van der Waals surface area contributed by atoms with E-state index < -0.39 is 0 Å². The minimum atomic E-state index is 0.00417. The minimum absolute atomic E-state index is 0.00417. The van der Waals surface area contributed by atoms with E-state index in [1.165, 1.54) is 10.4 Å². The highest BCUT2D eigenvalue weighted by Gasteiger charge is 2.16. The first-order valence-electron chi connectivity index (χ1n) is 5.08. The van der Waals surface area contributed by atoms with Crippen LogP contribution in [-0.4, -0.2) is 0 Å². The van der Waals surface area contributed by atoms with Gasteiger partial charge in [-0.25, -0.2) is 5.43 Å². The van der Waals surface area contributed by atoms with Crippen molar-refractivity contribution < 1.29 is 0 Å². The number of nitrogens with two attached hydrogens (primary N) is 1. The van der Waals surface area contributed by atoms with Crippen LogP contribution in [0.1, 0.15) is 22.0 Å². The predicted molar refractivity (Wildman–Crippen MR) is 82.4 cm³/mol. The molecular weight excluding hydrogens is 367 g/mol. The van der Waals surface area contributed by atoms with Gasteiger partial charge in [0.1, 0.15) is 0 Å². The number of nitrogens with one attached hydrogen (secondary N) is 1. The third-order valence-corrected chi connectivity index (χ3v) is 5.26. The van der Waals surface area contributed by atoms with Crippen molar-refractivity contribution in [3.8, 4) is 0 Å². The van der Waals surface area contributed by atoms with Gasteiger partial charge in [0.05, 0.1) is 11.1 Å². The lowest BCUT2D eigenvalue weighted by atomic mass is 10.0. The van der Waals surface area contributed by atoms with Gasteiger partial charge in [0, 0.05) is 8.45 Å². The number of thiophene rings is 1. The SMILES string of the molecule is Cc1ccsc1C(NN)c1ccc(I)c(Cl)c1. The summed E-state index contributed by atoms with van der Waals surface area (Å²) in [6, 6.07) is 8.12. The average Bonchev–Trinajstić information content (AvgIpc) is 2.71. The standard InChI is InChI=1S/C12H12ClIN2S/c1-7-4-5-17-12(7)11(16-15)8-2-3-10(14)9(13)6-8/h2-6,11,16H,15H2,1H3. The molecule has 2 rings (SSSR count). The Hall–Kier alpha value is -0.140. The summed E-state index contributed by atoms with van der Waals surface area (Å²) in [4.78, 5) is 1.23. The van der Waals surface area contributed by atoms with E-state index in [-0.39, 0.29) is 6.04 Å². The van der Waals surface area contributed by atoms with Crippen molar-refractivity contribution in [2.75, 3.05) is 0 Å². The summed E-state index contributed by atoms with van der Waals surface area (Å²) in [6.45, 7) is 2.09. The predicted octanol–water partition coefficient (Wildman–Crippen LogP) is 3.87. The zero-order valence-electron chi connectivity index (χ0n) is 9.21. The highest BCUT2D eigenvalue weighted by Crippen LogP contribution is 2.31. The van der Waals surface area contributed by atoms with Crippen LogP contribution in [0.4, 0.5) is 0 Å². The number of rotatable bonds is 3. The molecule has 0 amide bonds. The molecule has 0 fully saturated rings. The molecule has 17 heavy (non-hydrogen) atoms. The Bertz CT molecular complexity index is 527. The van der Waals surface area contributed by atoms with E-state index in [2.05, 4.69) is 52.5 Å². The van der Waals surface area contributed by atoms with Crippen LogP contribution in [0.25, 0.3) is 0 Å². The fourth-order valence-corrected chi connectivity index (χ4v) is 3.23. The van der Waals surface area contributed by atoms with Crippen molar-refractivity contribution in [1.29, 1.82) is 0 Å². The molecular formula is C12H12ClIN2S. The second-order valence-electron chi connectivity index (χ2n) is 3.74. The van der Waals surface area contributed by atoms with Gasteiger partial charge in [-0.2, -0.15) is 0 Å². The molecule has 5 heteroatoms. The summed E-state index contributed by atoms with van der Waals surface area (Å²) < 4.78 is 1.05. The molecule has 0 saturated carbocycles. The van der Waals surface area contributed by atoms with Gasteiger partial charge in [-0.3, -0.25) is 5.84 Å². The summed E-state index contributed by atoms with van der Waals surface area (Å²) in [6.07, 6.45) is 0. The van der Waals surface area contributed by atoms with Gasteiger partial charge >= 0.3 is 0 Å². The number of hydrazine groups is 1. The quantitative estimate of drug-likeness (QED) is 0.483. The van der Waals surface area contributed by atoms with Crippen LogP contribution in [0.2, 0.25) is 5.02 Å². The van der Waals surface area contributed by atoms with Crippen LogP contribution in [0.5, 0.6) is 0 Å². The van der Waals surface area contributed by atoms with Crippen LogP contribution < -0.4 is 11.3 Å². The second kappa shape index (κ2) is 5.67. The maximum absolute atomic E-state index is 6.14. The Kier molecular flexibility index (Phi) is 4.43. The molecule has 0 saturated heterocycles. The monoisotopic (exact) mass is 378 g/mol. The third-order valence-electron chi connectivity index (χ3n) is 2.61. The van der Waals surface area contributed by atoms with Gasteiger partial charge in [0.2, 0.25) is 0 Å². The molecule has 1 atom stereocenters. The Morgan fingerprint density at radius 2 is 2.18 bits per heavy atom. The lowest BCUT2D eigenvalue weighted by Crippen LogP contribution is -2.28. The van der Waals surface area contributed by atoms with E-state index in [1.54, 1.807) is 11.3 Å². The largest absolute Gasteiger partial charge is 0.271 e. The third kappa shape index (κ3) is 2.82. The Labute approximate surface area is 123 Å². The number of halogens is 2. The van der Waals surface area contributed by atoms with E-state index in [0.29, 0.717) is 0 Å². The molecule has 3 N–H and O–H groups in total. The van der Waals surface area contributed by atoms with Crippen LogP contribution >= 0.6 is 45.5 Å². The van der Waals surface area contributed by atoms with Crippen molar-refractivity contribution in [3.63, 3.8) is 0 Å². The molecule has 2 aromatic rings. The highest BCUT2D eigenvalue weighted by molar-refractivity contribution is 14.1. The molecule has 0 radical (unpaired) electrons. The molecule has 1 unspecified atom stereocenters. The highest BCUT2D eigenvalue weighted by atomic mass is 127. The summed E-state index contributed by atoms with van der Waals surface area (Å²) in [5.41, 5.74) is 5.19. The lowest BCUT2D eigenvalue weighted by Gasteiger charge is -2.16. The maximum Gasteiger partial charge on any atom is 0.0805 e. The van der Waals surface area contributed by atoms with Crippen molar-refractivity contribution >= 4 is 45.5 Å². The fourth-order valence-electron chi connectivity index (χ4n) is 1.70. The zero-order valence-corrected chi connectivity index (χ0v) is 12.9. The van der Waals surface area contributed by atoms with E-state index >= 15 is 0 Å². The molecule has 0 aliphatic rings. The van der Waals surface area contributed by atoms with Crippen LogP contribution in [0, 0.1) is 10.5 Å². The molecule has 0 bridgehead atoms. The molecule has 2 nitrogen and oxygen atoms in total. The number of benzene rings is 1. The van der Waals surface area contributed by atoms with E-state index in [9.17, 15) is 0 Å². The van der Waals surface area contributed by atoms with Crippen LogP contribution in [0.15, 0.2) is 29.6 Å². The molecule has 0 aliphatic heterocycles. The van der Waals surface area contributed by atoms with Crippen molar-refractivity contribution in [2.24, 2.45) is 5.84 Å². The first kappa shape index (κ1) is 13.3. The summed E-state index contributed by atoms with van der Waals surface area (Å²) in [5, 5.41) is 2.83. The first-order valence-corrected chi connectivity index (χ1v) is 7.42. The van der Waals surface area contributed by atoms with Gasteiger partial charge in [0.15, 0.2) is 0 Å². The van der Waals surface area contributed by atoms with E-state index in [0.717, 1.165) is 14.2 Å². The molecule has 1 heterocycles. The summed E-state index contributed by atoms with van der Waals surface area (Å²) in [7, 11) is 0. The van der Waals surface area contributed by atoms with Gasteiger partial charge < -0.3 is 0 Å². The summed E-state index contributed by atoms with van der Waals surface area (Å²) in [5.74, 6) is 5.66. The molecule has 0 aliphatic carbocycles. The van der Waals surface area contributed by atoms with Crippen molar-refractivity contribution in [3.05, 3.63) is 54.2 Å². The Morgan fingerprint density at radius 1 is 1.41 bits per heavy atom. The van der Waals surface area contributed by atoms with Crippen molar-refractivity contribution in [2.45, 2.75) is 13.0 Å². The number of hydrogen-bond donors (Lipinski definition) is 2. The minimum Gasteiger partial charge on any atom is -0.271 e. The average molecular weight is 379 g/mol. The molecule has 90 valence electrons. The fraction of sp³-hybridized carbons (Fsp3) is 0.167. The lowest BCUT2D eigenvalue weighted by molar-refractivity contribution is 0.644. The Balaban J connectivity index is 2.42.